The van der Waals surface area contributed by atoms with Crippen LogP contribution in [0.3, 0.4) is 0 Å². The number of benzene rings is 1. The molecule has 0 aliphatic rings. The highest BCUT2D eigenvalue weighted by Gasteiger charge is 2.12. The van der Waals surface area contributed by atoms with Crippen molar-refractivity contribution in [2.24, 2.45) is 5.92 Å². The third-order valence-corrected chi connectivity index (χ3v) is 5.89. The molecule has 1 aromatic heterocycles. The maximum absolute atomic E-state index is 3.65. The zero-order chi connectivity index (χ0) is 13.0. The molecule has 1 aromatic carbocycles. The molecular weight excluding hydrogens is 372 g/mol. The van der Waals surface area contributed by atoms with Crippen molar-refractivity contribution in [1.29, 1.82) is 0 Å². The minimum absolute atomic E-state index is 0.655. The molecule has 0 fully saturated rings. The summed E-state index contributed by atoms with van der Waals surface area (Å²) >= 11 is 9.10. The molecule has 96 valence electrons. The van der Waals surface area contributed by atoms with E-state index in [1.807, 2.05) is 11.3 Å². The van der Waals surface area contributed by atoms with Crippen molar-refractivity contribution in [1.82, 2.24) is 0 Å². The molecule has 0 radical (unpaired) electrons. The van der Waals surface area contributed by atoms with Crippen LogP contribution in [0.5, 0.6) is 0 Å². The van der Waals surface area contributed by atoms with Gasteiger partial charge in [0.25, 0.3) is 0 Å². The molecule has 18 heavy (non-hydrogen) atoms. The third kappa shape index (κ3) is 3.94. The van der Waals surface area contributed by atoms with Crippen LogP contribution in [0.2, 0.25) is 0 Å². The summed E-state index contributed by atoms with van der Waals surface area (Å²) in [6, 6.07) is 11.0. The summed E-state index contributed by atoms with van der Waals surface area (Å²) in [6.07, 6.45) is 2.27. The van der Waals surface area contributed by atoms with Gasteiger partial charge in [-0.25, -0.2) is 0 Å². The van der Waals surface area contributed by atoms with E-state index in [2.05, 4.69) is 74.5 Å². The second kappa shape index (κ2) is 6.88. The molecule has 2 aromatic rings. The largest absolute Gasteiger partial charge is 0.148 e. The van der Waals surface area contributed by atoms with Gasteiger partial charge in [-0.15, -0.1) is 11.3 Å². The number of thiophene rings is 1. The Balaban J connectivity index is 2.01. The predicted octanol–water partition coefficient (Wildman–Crippen LogP) is 5.62. The van der Waals surface area contributed by atoms with Crippen LogP contribution in [0.15, 0.2) is 40.2 Å². The molecule has 1 heterocycles. The van der Waals surface area contributed by atoms with E-state index in [1.165, 1.54) is 20.5 Å². The Labute approximate surface area is 130 Å². The molecule has 0 nitrogen and oxygen atoms in total. The molecule has 0 spiro atoms. The number of hydrogen-bond donors (Lipinski definition) is 0. The van der Waals surface area contributed by atoms with Gasteiger partial charge in [0.05, 0.1) is 0 Å². The fourth-order valence-corrected chi connectivity index (χ4v) is 4.06. The van der Waals surface area contributed by atoms with E-state index < -0.39 is 0 Å². The Morgan fingerprint density at radius 2 is 1.83 bits per heavy atom. The molecule has 1 atom stereocenters. The van der Waals surface area contributed by atoms with E-state index in [1.54, 1.807) is 0 Å². The Morgan fingerprint density at radius 1 is 1.11 bits per heavy atom. The summed E-state index contributed by atoms with van der Waals surface area (Å²) in [5.74, 6) is 0.655. The molecule has 0 aliphatic carbocycles. The average molecular weight is 388 g/mol. The highest BCUT2D eigenvalue weighted by atomic mass is 79.9. The van der Waals surface area contributed by atoms with E-state index in [0.717, 1.165) is 18.2 Å². The smallest absolute Gasteiger partial charge is 0.0314 e. The molecule has 1 unspecified atom stereocenters. The molecule has 0 N–H and O–H groups in total. The van der Waals surface area contributed by atoms with Crippen molar-refractivity contribution in [2.45, 2.75) is 19.8 Å². The lowest BCUT2D eigenvalue weighted by atomic mass is 9.97. The van der Waals surface area contributed by atoms with Crippen molar-refractivity contribution in [2.75, 3.05) is 5.33 Å². The van der Waals surface area contributed by atoms with Crippen molar-refractivity contribution in [3.63, 3.8) is 0 Å². The van der Waals surface area contributed by atoms with Gasteiger partial charge in [0.15, 0.2) is 0 Å². The summed E-state index contributed by atoms with van der Waals surface area (Å²) in [7, 11) is 0. The lowest BCUT2D eigenvalue weighted by Crippen LogP contribution is -2.09. The SMILES string of the molecule is Cc1ccc(CC(CBr)Cc2sccc2Br)cc1. The maximum Gasteiger partial charge on any atom is 0.0314 e. The molecule has 2 rings (SSSR count). The first-order chi connectivity index (χ1) is 8.69. The predicted molar refractivity (Wildman–Crippen MR) is 87.9 cm³/mol. The first-order valence-electron chi connectivity index (χ1n) is 6.02. The van der Waals surface area contributed by atoms with Gasteiger partial charge in [-0.1, -0.05) is 45.8 Å². The van der Waals surface area contributed by atoms with Crippen LogP contribution in [-0.2, 0) is 12.8 Å². The fourth-order valence-electron chi connectivity index (χ4n) is 1.97. The summed E-state index contributed by atoms with van der Waals surface area (Å²) in [4.78, 5) is 1.45. The molecule has 0 bridgehead atoms. The molecule has 0 aliphatic heterocycles. The molecule has 0 saturated carbocycles. The summed E-state index contributed by atoms with van der Waals surface area (Å²) in [5, 5.41) is 3.20. The Bertz CT molecular complexity index is 487. The van der Waals surface area contributed by atoms with Crippen LogP contribution < -0.4 is 0 Å². The van der Waals surface area contributed by atoms with Gasteiger partial charge in [-0.2, -0.15) is 0 Å². The van der Waals surface area contributed by atoms with Crippen molar-refractivity contribution < 1.29 is 0 Å². The summed E-state index contributed by atoms with van der Waals surface area (Å²) < 4.78 is 1.25. The van der Waals surface area contributed by atoms with Crippen LogP contribution in [0.25, 0.3) is 0 Å². The molecule has 0 amide bonds. The number of alkyl halides is 1. The van der Waals surface area contributed by atoms with Gasteiger partial charge in [0.1, 0.15) is 0 Å². The Morgan fingerprint density at radius 3 is 2.39 bits per heavy atom. The van der Waals surface area contributed by atoms with Crippen LogP contribution in [0.4, 0.5) is 0 Å². The minimum Gasteiger partial charge on any atom is -0.148 e. The highest BCUT2D eigenvalue weighted by molar-refractivity contribution is 9.10. The number of hydrogen-bond acceptors (Lipinski definition) is 1. The maximum atomic E-state index is 3.65. The standard InChI is InChI=1S/C15H16Br2S/c1-11-2-4-12(5-3-11)8-13(10-16)9-15-14(17)6-7-18-15/h2-7,13H,8-10H2,1H3. The van der Waals surface area contributed by atoms with Gasteiger partial charge in [-0.05, 0) is 58.6 Å². The monoisotopic (exact) mass is 386 g/mol. The second-order valence-electron chi connectivity index (χ2n) is 4.61. The average Bonchev–Trinajstić information content (AvgIpc) is 2.77. The molecule has 3 heteroatoms. The van der Waals surface area contributed by atoms with Crippen molar-refractivity contribution in [3.05, 3.63) is 56.2 Å². The highest BCUT2D eigenvalue weighted by Crippen LogP contribution is 2.27. The number of rotatable bonds is 5. The van der Waals surface area contributed by atoms with E-state index in [-0.39, 0.29) is 0 Å². The van der Waals surface area contributed by atoms with Crippen molar-refractivity contribution in [3.8, 4) is 0 Å². The van der Waals surface area contributed by atoms with E-state index in [4.69, 9.17) is 0 Å². The Hall–Kier alpha value is -0.120. The third-order valence-electron chi connectivity index (χ3n) is 3.03. The lowest BCUT2D eigenvalue weighted by Gasteiger charge is -2.13. The second-order valence-corrected chi connectivity index (χ2v) is 7.11. The normalized spacial score (nSPS) is 12.6. The summed E-state index contributed by atoms with van der Waals surface area (Å²) in [6.45, 7) is 2.13. The van der Waals surface area contributed by atoms with Crippen molar-refractivity contribution >= 4 is 43.2 Å². The van der Waals surface area contributed by atoms with Gasteiger partial charge in [-0.3, -0.25) is 0 Å². The van der Waals surface area contributed by atoms with E-state index in [9.17, 15) is 0 Å². The van der Waals surface area contributed by atoms with Crippen LogP contribution >= 0.6 is 43.2 Å². The van der Waals surface area contributed by atoms with E-state index in [0.29, 0.717) is 5.92 Å². The van der Waals surface area contributed by atoms with Crippen LogP contribution in [0.1, 0.15) is 16.0 Å². The fraction of sp³-hybridized carbons (Fsp3) is 0.333. The quantitative estimate of drug-likeness (QED) is 0.584. The lowest BCUT2D eigenvalue weighted by molar-refractivity contribution is 0.595. The summed E-state index contributed by atoms with van der Waals surface area (Å²) in [5.41, 5.74) is 2.76. The molecule has 0 saturated heterocycles. The minimum atomic E-state index is 0.655. The van der Waals surface area contributed by atoms with Gasteiger partial charge in [0.2, 0.25) is 0 Å². The number of aryl methyl sites for hydroxylation is 1. The van der Waals surface area contributed by atoms with Crippen LogP contribution in [-0.4, -0.2) is 5.33 Å². The van der Waals surface area contributed by atoms with Crippen LogP contribution in [0, 0.1) is 12.8 Å². The van der Waals surface area contributed by atoms with E-state index >= 15 is 0 Å². The topological polar surface area (TPSA) is 0 Å². The first kappa shape index (κ1) is 14.3. The van der Waals surface area contributed by atoms with Gasteiger partial charge in [0, 0.05) is 14.7 Å². The zero-order valence-corrected chi connectivity index (χ0v) is 14.3. The number of halogens is 2. The Kier molecular flexibility index (Phi) is 5.46. The van der Waals surface area contributed by atoms with Gasteiger partial charge >= 0.3 is 0 Å². The molecular formula is C15H16Br2S. The zero-order valence-electron chi connectivity index (χ0n) is 10.3. The first-order valence-corrected chi connectivity index (χ1v) is 8.82. The van der Waals surface area contributed by atoms with Gasteiger partial charge < -0.3 is 0 Å².